The molecule has 1 saturated heterocycles. The van der Waals surface area contributed by atoms with E-state index in [0.29, 0.717) is 49.7 Å². The molecule has 1 aromatic rings. The maximum atomic E-state index is 13.9. The summed E-state index contributed by atoms with van der Waals surface area (Å²) < 4.78 is 18.1. The minimum absolute atomic E-state index is 0.0214. The van der Waals surface area contributed by atoms with Gasteiger partial charge in [-0.25, -0.2) is 4.79 Å². The molecule has 7 rings (SSSR count). The van der Waals surface area contributed by atoms with E-state index in [0.717, 1.165) is 62.2 Å². The Balaban J connectivity index is 1.09. The number of benzene rings is 1. The largest absolute Gasteiger partial charge is 0.489 e. The molecule has 4 bridgehead atoms. The van der Waals surface area contributed by atoms with Gasteiger partial charge >= 0.3 is 12.1 Å². The highest BCUT2D eigenvalue weighted by Gasteiger charge is 2.56. The Morgan fingerprint density at radius 3 is 2.38 bits per heavy atom. The number of hydrogen-bond donors (Lipinski definition) is 2. The van der Waals surface area contributed by atoms with E-state index in [1.54, 1.807) is 0 Å². The number of esters is 1. The third kappa shape index (κ3) is 6.71. The molecule has 5 fully saturated rings. The summed E-state index contributed by atoms with van der Waals surface area (Å²) in [6.07, 6.45) is 8.72. The lowest BCUT2D eigenvalue weighted by molar-refractivity contribution is -0.179. The zero-order valence-corrected chi connectivity index (χ0v) is 25.2. The Morgan fingerprint density at radius 1 is 1.02 bits per heavy atom. The maximum Gasteiger partial charge on any atom is 0.407 e. The second kappa shape index (κ2) is 12.4. The number of piperidine rings is 1. The summed E-state index contributed by atoms with van der Waals surface area (Å²) in [6, 6.07) is 5.81. The highest BCUT2D eigenvalue weighted by molar-refractivity contribution is 5.94. The summed E-state index contributed by atoms with van der Waals surface area (Å²) in [4.78, 5) is 40.3. The highest BCUT2D eigenvalue weighted by Crippen LogP contribution is 2.60. The number of nitrogens with one attached hydrogen (secondary N) is 2. The van der Waals surface area contributed by atoms with E-state index in [1.807, 2.05) is 32.0 Å². The van der Waals surface area contributed by atoms with Crippen molar-refractivity contribution in [1.29, 1.82) is 0 Å². The van der Waals surface area contributed by atoms with Gasteiger partial charge in [-0.15, -0.1) is 0 Å². The molecule has 1 atom stereocenters. The lowest BCUT2D eigenvalue weighted by Crippen LogP contribution is -2.52. The van der Waals surface area contributed by atoms with E-state index in [-0.39, 0.29) is 36.0 Å². The molecule has 2 heterocycles. The number of rotatable bonds is 10. The zero-order chi connectivity index (χ0) is 29.3. The van der Waals surface area contributed by atoms with Gasteiger partial charge in [0.15, 0.2) is 0 Å². The number of hydrogen-bond acceptors (Lipinski definition) is 7. The topological polar surface area (TPSA) is 106 Å². The Morgan fingerprint density at radius 2 is 1.71 bits per heavy atom. The molecule has 42 heavy (non-hydrogen) atoms. The van der Waals surface area contributed by atoms with Crippen LogP contribution in [0.15, 0.2) is 18.2 Å². The van der Waals surface area contributed by atoms with E-state index in [2.05, 4.69) is 15.5 Å². The van der Waals surface area contributed by atoms with Gasteiger partial charge in [-0.2, -0.15) is 0 Å². The maximum absolute atomic E-state index is 13.9. The van der Waals surface area contributed by atoms with Crippen molar-refractivity contribution >= 4 is 23.7 Å². The quantitative estimate of drug-likeness (QED) is 0.378. The molecule has 6 aliphatic rings. The number of likely N-dealkylation sites (tertiary alicyclic amines) is 1. The molecule has 4 aliphatic carbocycles. The number of alkyl carbamates (subject to hydrolysis) is 1. The predicted octanol–water partition coefficient (Wildman–Crippen LogP) is 4.92. The molecule has 9 heteroatoms. The standard InChI is InChI=1S/C33H47N3O6/c1-21(2)19-41-32(39)34-25-8-10-36(11-9-25)18-26(20-40-29-5-3-4-28-27(29)6-7-30(37)35-28)42-31(38)33-15-22-12-23(16-33)14-24(13-22)17-33/h3-5,21-26H,6-20H2,1-2H3,(H,34,39)(H,35,37). The lowest BCUT2D eigenvalue weighted by Gasteiger charge is -2.55. The van der Waals surface area contributed by atoms with Crippen LogP contribution >= 0.6 is 0 Å². The molecule has 0 radical (unpaired) electrons. The van der Waals surface area contributed by atoms with E-state index >= 15 is 0 Å². The predicted molar refractivity (Wildman–Crippen MR) is 158 cm³/mol. The monoisotopic (exact) mass is 581 g/mol. The normalized spacial score (nSPS) is 29.5. The van der Waals surface area contributed by atoms with Gasteiger partial charge in [0, 0.05) is 43.3 Å². The van der Waals surface area contributed by atoms with Gasteiger partial charge < -0.3 is 24.8 Å². The van der Waals surface area contributed by atoms with Crippen LogP contribution in [0.5, 0.6) is 5.75 Å². The number of carbonyl (C=O) groups excluding carboxylic acids is 3. The van der Waals surface area contributed by atoms with E-state index in [9.17, 15) is 14.4 Å². The van der Waals surface area contributed by atoms with Gasteiger partial charge in [-0.3, -0.25) is 14.5 Å². The zero-order valence-electron chi connectivity index (χ0n) is 25.2. The first-order chi connectivity index (χ1) is 20.2. The van der Waals surface area contributed by atoms with E-state index in [1.165, 1.54) is 19.3 Å². The molecular weight excluding hydrogens is 534 g/mol. The molecule has 0 aromatic heterocycles. The molecule has 2 N–H and O–H groups in total. The number of nitrogens with zero attached hydrogens (tertiary/aromatic N) is 1. The third-order valence-electron chi connectivity index (χ3n) is 10.1. The molecule has 2 aliphatic heterocycles. The minimum atomic E-state index is -0.403. The number of anilines is 1. The van der Waals surface area contributed by atoms with Crippen LogP contribution < -0.4 is 15.4 Å². The summed E-state index contributed by atoms with van der Waals surface area (Å²) in [5, 5.41) is 5.95. The van der Waals surface area contributed by atoms with Crippen molar-refractivity contribution in [3.05, 3.63) is 23.8 Å². The summed E-state index contributed by atoms with van der Waals surface area (Å²) in [6.45, 7) is 6.91. The molecular formula is C33H47N3O6. The van der Waals surface area contributed by atoms with Crippen LogP contribution in [-0.2, 0) is 25.5 Å². The van der Waals surface area contributed by atoms with Gasteiger partial charge in [0.1, 0.15) is 18.5 Å². The second-order valence-electron chi connectivity index (χ2n) is 14.1. The Hall–Kier alpha value is -2.81. The Kier molecular flexibility index (Phi) is 8.66. The molecule has 1 unspecified atom stereocenters. The van der Waals surface area contributed by atoms with Crippen LogP contribution in [0.1, 0.15) is 77.2 Å². The summed E-state index contributed by atoms with van der Waals surface area (Å²) in [5.74, 6) is 3.05. The first kappa shape index (κ1) is 29.3. The number of amides is 2. The first-order valence-corrected chi connectivity index (χ1v) is 16.2. The van der Waals surface area contributed by atoms with E-state index < -0.39 is 6.10 Å². The Labute approximate surface area is 249 Å². The van der Waals surface area contributed by atoms with Crippen molar-refractivity contribution in [2.45, 2.75) is 90.2 Å². The van der Waals surface area contributed by atoms with Crippen molar-refractivity contribution in [2.75, 3.05) is 38.2 Å². The Bertz CT molecular complexity index is 1130. The SMILES string of the molecule is CC(C)COC(=O)NC1CCN(CC(COc2cccc3c2CCC(=O)N3)OC(=O)C23CC4CC(CC(C4)C2)C3)CC1. The fraction of sp³-hybridized carbons (Fsp3) is 0.727. The van der Waals surface area contributed by atoms with Crippen molar-refractivity contribution in [1.82, 2.24) is 10.2 Å². The molecule has 230 valence electrons. The van der Waals surface area contributed by atoms with Crippen LogP contribution in [0.25, 0.3) is 0 Å². The average Bonchev–Trinajstić information content (AvgIpc) is 2.95. The molecule has 1 aromatic carbocycles. The van der Waals surface area contributed by atoms with Crippen LogP contribution in [-0.4, -0.2) is 67.9 Å². The lowest BCUT2D eigenvalue weighted by atomic mass is 9.49. The summed E-state index contributed by atoms with van der Waals surface area (Å²) in [7, 11) is 0. The fourth-order valence-electron chi connectivity index (χ4n) is 8.47. The van der Waals surface area contributed by atoms with E-state index in [4.69, 9.17) is 14.2 Å². The number of fused-ring (bicyclic) bond motifs is 1. The second-order valence-corrected chi connectivity index (χ2v) is 14.1. The minimum Gasteiger partial charge on any atom is -0.489 e. The van der Waals surface area contributed by atoms with Crippen LogP contribution in [0.3, 0.4) is 0 Å². The van der Waals surface area contributed by atoms with Crippen LogP contribution in [0.2, 0.25) is 0 Å². The van der Waals surface area contributed by atoms with Crippen molar-refractivity contribution in [2.24, 2.45) is 29.1 Å². The highest BCUT2D eigenvalue weighted by atomic mass is 16.6. The fourth-order valence-corrected chi connectivity index (χ4v) is 8.47. The average molecular weight is 582 g/mol. The van der Waals surface area contributed by atoms with Crippen LogP contribution in [0, 0.1) is 29.1 Å². The van der Waals surface area contributed by atoms with Crippen molar-refractivity contribution in [3.8, 4) is 5.75 Å². The van der Waals surface area contributed by atoms with Gasteiger partial charge in [0.05, 0.1) is 12.0 Å². The first-order valence-electron chi connectivity index (χ1n) is 16.2. The van der Waals surface area contributed by atoms with Crippen molar-refractivity contribution < 1.29 is 28.6 Å². The van der Waals surface area contributed by atoms with Gasteiger partial charge in [-0.1, -0.05) is 19.9 Å². The summed E-state index contributed by atoms with van der Waals surface area (Å²) >= 11 is 0. The molecule has 2 amide bonds. The summed E-state index contributed by atoms with van der Waals surface area (Å²) in [5.41, 5.74) is 1.48. The van der Waals surface area contributed by atoms with Gasteiger partial charge in [0.2, 0.25) is 5.91 Å². The number of ether oxygens (including phenoxy) is 3. The molecule has 4 saturated carbocycles. The van der Waals surface area contributed by atoms with Crippen LogP contribution in [0.4, 0.5) is 10.5 Å². The number of carbonyl (C=O) groups is 3. The molecule has 0 spiro atoms. The van der Waals surface area contributed by atoms with Gasteiger partial charge in [0.25, 0.3) is 0 Å². The van der Waals surface area contributed by atoms with Crippen molar-refractivity contribution in [3.63, 3.8) is 0 Å². The third-order valence-corrected chi connectivity index (χ3v) is 10.1. The smallest absolute Gasteiger partial charge is 0.407 e. The van der Waals surface area contributed by atoms with Gasteiger partial charge in [-0.05, 0) is 93.6 Å². The molecule has 9 nitrogen and oxygen atoms in total.